The third-order valence-electron chi connectivity index (χ3n) is 10.7. The zero-order chi connectivity index (χ0) is 54.1. The Morgan fingerprint density at radius 2 is 1.10 bits per heavy atom. The summed E-state index contributed by atoms with van der Waals surface area (Å²) in [5, 5.41) is 39.0. The molecule has 3 aromatic heterocycles. The van der Waals surface area contributed by atoms with Gasteiger partial charge in [0.25, 0.3) is 17.7 Å². The van der Waals surface area contributed by atoms with Gasteiger partial charge in [0.1, 0.15) is 6.33 Å². The lowest BCUT2D eigenvalue weighted by atomic mass is 10.1. The molecule has 0 aliphatic carbocycles. The van der Waals surface area contributed by atoms with Gasteiger partial charge in [-0.25, -0.2) is 15.2 Å². The van der Waals surface area contributed by atoms with Gasteiger partial charge in [0.05, 0.1) is 12.5 Å². The summed E-state index contributed by atoms with van der Waals surface area (Å²) in [4.78, 5) is 49.6. The zero-order valence-electron chi connectivity index (χ0n) is 40.5. The van der Waals surface area contributed by atoms with Crippen LogP contribution in [0, 0.1) is 18.3 Å². The number of carbonyl (C=O) groups is 3. The molecule has 1 aliphatic rings. The molecule has 4 heterocycles. The fraction of sp³-hybridized carbons (Fsp3) is 0.115. The van der Waals surface area contributed by atoms with Crippen LogP contribution in [0.2, 0.25) is 0 Å². The highest BCUT2D eigenvalue weighted by Gasteiger charge is 2.16. The molecular formula is C52H45Br2N15O5S3. The van der Waals surface area contributed by atoms with Crippen molar-refractivity contribution in [3.63, 3.8) is 0 Å². The minimum Gasteiger partial charge on any atom is -0.454 e. The maximum Gasteiger partial charge on any atom is 0.255 e. The van der Waals surface area contributed by atoms with Gasteiger partial charge in [-0.2, -0.15) is 20.3 Å². The normalized spacial score (nSPS) is 11.0. The largest absolute Gasteiger partial charge is 0.454 e. The number of hydrogen-bond acceptors (Lipinski definition) is 17. The molecule has 9 aromatic rings. The molecule has 10 rings (SSSR count). The number of nitrogens with two attached hydrogens (primary N) is 2. The van der Waals surface area contributed by atoms with Crippen molar-refractivity contribution in [2.75, 3.05) is 34.2 Å². The number of halogens is 2. The Labute approximate surface area is 470 Å². The lowest BCUT2D eigenvalue weighted by Crippen LogP contribution is -2.12. The number of rotatable bonds is 16. The Morgan fingerprint density at radius 3 is 1.60 bits per heavy atom. The summed E-state index contributed by atoms with van der Waals surface area (Å²) in [5.74, 6) is 3.30. The molecule has 0 saturated carbocycles. The van der Waals surface area contributed by atoms with E-state index < -0.39 is 0 Å². The molecule has 0 unspecified atom stereocenters. The third kappa shape index (κ3) is 16.4. The number of nitriles is 1. The first kappa shape index (κ1) is 55.1. The SMILES string of the molecule is Cc1c(Br)cc(NC(=O)c2cccc(CSc3n[nH]c(N)n3)c2)cc1Br.N#CCc1ccc(NC(=O)c2cccc(CSc3ncn[nH]3)c2)cc1.Nc1nc(SCc2cccc(C(=O)Nc3ccc4c(c3)OCO4)c2)n[nH]1. The van der Waals surface area contributed by atoms with Crippen LogP contribution in [0.1, 0.15) is 58.9 Å². The first-order valence-electron chi connectivity index (χ1n) is 23.0. The quantitative estimate of drug-likeness (QED) is 0.0417. The highest BCUT2D eigenvalue weighted by Crippen LogP contribution is 2.35. The number of ether oxygens (including phenoxy) is 2. The van der Waals surface area contributed by atoms with Gasteiger partial charge in [-0.3, -0.25) is 19.5 Å². The van der Waals surface area contributed by atoms with E-state index in [1.165, 1.54) is 41.6 Å². The number of aromatic nitrogens is 9. The van der Waals surface area contributed by atoms with E-state index in [0.29, 0.717) is 73.6 Å². The van der Waals surface area contributed by atoms with E-state index in [2.05, 4.69) is 99.4 Å². The fourth-order valence-corrected chi connectivity index (χ4v) is 10.3. The summed E-state index contributed by atoms with van der Waals surface area (Å²) in [6, 6.07) is 40.7. The van der Waals surface area contributed by atoms with Crippen molar-refractivity contribution in [2.45, 2.75) is 46.1 Å². The van der Waals surface area contributed by atoms with E-state index in [-0.39, 0.29) is 36.4 Å². The second-order valence-electron chi connectivity index (χ2n) is 16.3. The van der Waals surface area contributed by atoms with Crippen LogP contribution in [0.5, 0.6) is 11.5 Å². The number of benzene rings is 6. The summed E-state index contributed by atoms with van der Waals surface area (Å²) < 4.78 is 12.4. The molecule has 390 valence electrons. The molecular weight excluding hydrogens is 1170 g/mol. The van der Waals surface area contributed by atoms with Gasteiger partial charge in [0.15, 0.2) is 16.7 Å². The number of aromatic amines is 3. The second-order valence-corrected chi connectivity index (χ2v) is 20.8. The van der Waals surface area contributed by atoms with Gasteiger partial charge in [-0.1, -0.05) is 116 Å². The Morgan fingerprint density at radius 1 is 0.610 bits per heavy atom. The van der Waals surface area contributed by atoms with Crippen molar-refractivity contribution in [3.8, 4) is 17.6 Å². The molecule has 0 spiro atoms. The van der Waals surface area contributed by atoms with Gasteiger partial charge in [0, 0.05) is 66.0 Å². The Kier molecular flexibility index (Phi) is 19.4. The first-order valence-corrected chi connectivity index (χ1v) is 27.5. The van der Waals surface area contributed by atoms with Crippen LogP contribution in [0.3, 0.4) is 0 Å². The number of carbonyl (C=O) groups excluding carboxylic acids is 3. The minimum absolute atomic E-state index is 0.165. The average Bonchev–Trinajstić information content (AvgIpc) is 4.30. The topological polar surface area (TPSA) is 306 Å². The number of thioether (sulfide) groups is 3. The summed E-state index contributed by atoms with van der Waals surface area (Å²) in [6.07, 6.45) is 1.83. The monoisotopic (exact) mass is 1210 g/mol. The van der Waals surface area contributed by atoms with Gasteiger partial charge in [-0.05, 0) is 108 Å². The number of hydrogen-bond donors (Lipinski definition) is 8. The molecule has 0 fully saturated rings. The van der Waals surface area contributed by atoms with Gasteiger partial charge in [0.2, 0.25) is 29.0 Å². The van der Waals surface area contributed by atoms with Gasteiger partial charge >= 0.3 is 0 Å². The van der Waals surface area contributed by atoms with Crippen molar-refractivity contribution in [2.24, 2.45) is 0 Å². The predicted molar refractivity (Wildman–Crippen MR) is 305 cm³/mol. The number of amides is 3. The molecule has 10 N–H and O–H groups in total. The maximum absolute atomic E-state index is 12.6. The Bertz CT molecular complexity index is 3520. The summed E-state index contributed by atoms with van der Waals surface area (Å²) in [6.45, 7) is 2.19. The van der Waals surface area contributed by atoms with E-state index in [4.69, 9.17) is 26.2 Å². The highest BCUT2D eigenvalue weighted by molar-refractivity contribution is 9.11. The lowest BCUT2D eigenvalue weighted by Gasteiger charge is -2.10. The zero-order valence-corrected chi connectivity index (χ0v) is 46.2. The summed E-state index contributed by atoms with van der Waals surface area (Å²) in [7, 11) is 0. The number of nitrogens with zero attached hydrogens (tertiary/aromatic N) is 7. The minimum atomic E-state index is -0.196. The van der Waals surface area contributed by atoms with Crippen LogP contribution in [-0.2, 0) is 23.7 Å². The van der Waals surface area contributed by atoms with Crippen molar-refractivity contribution < 1.29 is 23.9 Å². The molecule has 20 nitrogen and oxygen atoms in total. The second kappa shape index (κ2) is 27.1. The molecule has 25 heteroatoms. The third-order valence-corrected chi connectivity index (χ3v) is 15.1. The van der Waals surface area contributed by atoms with Gasteiger partial charge in [-0.15, -0.1) is 10.2 Å². The maximum atomic E-state index is 12.6. The summed E-state index contributed by atoms with van der Waals surface area (Å²) in [5.41, 5.74) is 19.8. The van der Waals surface area contributed by atoms with Gasteiger partial charge < -0.3 is 36.9 Å². The molecule has 3 amide bonds. The molecule has 0 saturated heterocycles. The highest BCUT2D eigenvalue weighted by atomic mass is 79.9. The van der Waals surface area contributed by atoms with Crippen molar-refractivity contribution in [1.29, 1.82) is 5.26 Å². The number of fused-ring (bicyclic) bond motifs is 1. The Hall–Kier alpha value is -8.15. The van der Waals surface area contributed by atoms with E-state index in [1.54, 1.807) is 48.5 Å². The predicted octanol–water partition coefficient (Wildman–Crippen LogP) is 10.8. The van der Waals surface area contributed by atoms with Crippen LogP contribution < -0.4 is 36.9 Å². The van der Waals surface area contributed by atoms with E-state index in [9.17, 15) is 14.4 Å². The van der Waals surface area contributed by atoms with E-state index >= 15 is 0 Å². The average molecular weight is 1220 g/mol. The number of nitrogen functional groups attached to an aromatic ring is 2. The van der Waals surface area contributed by atoms with Crippen LogP contribution >= 0.6 is 67.1 Å². The van der Waals surface area contributed by atoms with Crippen molar-refractivity contribution in [1.82, 2.24) is 45.5 Å². The Balaban J connectivity index is 0.000000153. The molecule has 0 bridgehead atoms. The van der Waals surface area contributed by atoms with Crippen LogP contribution in [0.15, 0.2) is 158 Å². The van der Waals surface area contributed by atoms with Crippen molar-refractivity contribution >= 4 is 114 Å². The van der Waals surface area contributed by atoms with Crippen LogP contribution in [0.25, 0.3) is 0 Å². The van der Waals surface area contributed by atoms with E-state index in [0.717, 1.165) is 47.6 Å². The van der Waals surface area contributed by atoms with Crippen LogP contribution in [-0.4, -0.2) is 70.1 Å². The van der Waals surface area contributed by atoms with Crippen LogP contribution in [0.4, 0.5) is 29.0 Å². The van der Waals surface area contributed by atoms with Crippen molar-refractivity contribution in [3.05, 3.63) is 187 Å². The molecule has 1 aliphatic heterocycles. The molecule has 0 atom stereocenters. The number of anilines is 5. The standard InChI is InChI=1S/C18H15N5OS.C17H15Br2N5OS.C17H15N5O3S/c19-9-8-13-4-6-16(7-5-13)22-17(24)15-3-1-2-14(10-15)11-25-18-20-12-21-23-18;1-9-13(18)6-12(7-14(9)19)21-15(25)11-4-2-3-10(5-11)8-26-17-22-16(20)23-24-17;18-16-20-17(22-21-16)26-8-10-2-1-3-11(6-10)15(23)19-12-4-5-13-14(7-12)25-9-24-13/h1-7,10,12H,8,11H2,(H,22,24)(H,20,21,23);2-7H,8H2,1H3,(H,21,25)(H3,20,22,23,24);1-7H,8-9H2,(H,19,23)(H3,18,20,21,22). The first-order chi connectivity index (χ1) is 37.3. The summed E-state index contributed by atoms with van der Waals surface area (Å²) >= 11 is 11.4. The number of nitrogens with one attached hydrogen (secondary N) is 6. The number of H-pyrrole nitrogens is 3. The molecule has 77 heavy (non-hydrogen) atoms. The fourth-order valence-electron chi connectivity index (χ4n) is 6.86. The lowest BCUT2D eigenvalue weighted by molar-refractivity contribution is 0.101. The molecule has 6 aromatic carbocycles. The van der Waals surface area contributed by atoms with E-state index in [1.807, 2.05) is 85.8 Å². The molecule has 0 radical (unpaired) electrons. The smallest absolute Gasteiger partial charge is 0.255 e.